The van der Waals surface area contributed by atoms with Crippen LogP contribution in [-0.4, -0.2) is 29.5 Å². The molecule has 7 nitrogen and oxygen atoms in total. The van der Waals surface area contributed by atoms with Crippen LogP contribution in [0, 0.1) is 21.4 Å². The molecule has 0 fully saturated rings. The lowest BCUT2D eigenvalue weighted by Crippen LogP contribution is -2.23. The zero-order valence-corrected chi connectivity index (χ0v) is 10.2. The fourth-order valence-electron chi connectivity index (χ4n) is 1.81. The van der Waals surface area contributed by atoms with Crippen molar-refractivity contribution in [2.24, 2.45) is 0 Å². The fourth-order valence-corrected chi connectivity index (χ4v) is 1.81. The number of nitrogens with one attached hydrogen (secondary N) is 2. The summed E-state index contributed by atoms with van der Waals surface area (Å²) >= 11 is 0. The molecule has 0 bridgehead atoms. The predicted octanol–water partition coefficient (Wildman–Crippen LogP) is 1.19. The highest BCUT2D eigenvalue weighted by Crippen LogP contribution is 2.18. The van der Waals surface area contributed by atoms with Gasteiger partial charge in [-0.05, 0) is 19.0 Å². The van der Waals surface area contributed by atoms with E-state index in [0.717, 1.165) is 19.5 Å². The van der Waals surface area contributed by atoms with Gasteiger partial charge in [-0.15, -0.1) is 0 Å². The number of pyridine rings is 1. The zero-order valence-electron chi connectivity index (χ0n) is 10.2. The highest BCUT2D eigenvalue weighted by atomic mass is 16.6. The number of hydrogen-bond acceptors (Lipinski definition) is 6. The van der Waals surface area contributed by atoms with Crippen molar-refractivity contribution in [3.05, 3.63) is 39.6 Å². The van der Waals surface area contributed by atoms with Gasteiger partial charge in [0.05, 0.1) is 4.92 Å². The second-order valence-electron chi connectivity index (χ2n) is 4.10. The number of hydrogen-bond donors (Lipinski definition) is 2. The molecule has 0 aromatic carbocycles. The van der Waals surface area contributed by atoms with Crippen LogP contribution in [0.1, 0.15) is 12.1 Å². The SMILES string of the molecule is N#Cc1nc(NCC2=CCNCC2)ccc1[N+](=O)[O-]. The lowest BCUT2D eigenvalue weighted by atomic mass is 10.1. The van der Waals surface area contributed by atoms with Gasteiger partial charge in [-0.3, -0.25) is 10.1 Å². The first-order valence-corrected chi connectivity index (χ1v) is 5.88. The molecule has 1 aromatic rings. The summed E-state index contributed by atoms with van der Waals surface area (Å²) < 4.78 is 0. The van der Waals surface area contributed by atoms with Gasteiger partial charge >= 0.3 is 5.69 Å². The molecule has 98 valence electrons. The molecule has 0 unspecified atom stereocenters. The standard InChI is InChI=1S/C12H13N5O2/c13-7-10-11(17(18)19)1-2-12(16-10)15-8-9-3-5-14-6-4-9/h1-3,14H,4-6,8H2,(H,15,16). The molecule has 2 N–H and O–H groups in total. The summed E-state index contributed by atoms with van der Waals surface area (Å²) in [6.45, 7) is 2.44. The summed E-state index contributed by atoms with van der Waals surface area (Å²) in [5.74, 6) is 0.474. The van der Waals surface area contributed by atoms with Gasteiger partial charge in [-0.2, -0.15) is 5.26 Å². The molecule has 0 atom stereocenters. The molecule has 7 heteroatoms. The van der Waals surface area contributed by atoms with Crippen LogP contribution in [0.4, 0.5) is 11.5 Å². The van der Waals surface area contributed by atoms with Gasteiger partial charge in [0.1, 0.15) is 11.9 Å². The Morgan fingerprint density at radius 1 is 1.58 bits per heavy atom. The average Bonchev–Trinajstić information content (AvgIpc) is 2.45. The fraction of sp³-hybridized carbons (Fsp3) is 0.333. The summed E-state index contributed by atoms with van der Waals surface area (Å²) in [4.78, 5) is 14.0. The Labute approximate surface area is 110 Å². The monoisotopic (exact) mass is 259 g/mol. The molecule has 2 rings (SSSR count). The van der Waals surface area contributed by atoms with Crippen LogP contribution in [0.3, 0.4) is 0 Å². The minimum absolute atomic E-state index is 0.172. The van der Waals surface area contributed by atoms with Gasteiger partial charge in [-0.25, -0.2) is 4.98 Å². The summed E-state index contributed by atoms with van der Waals surface area (Å²) in [6.07, 6.45) is 3.07. The van der Waals surface area contributed by atoms with Crippen LogP contribution in [0.15, 0.2) is 23.8 Å². The van der Waals surface area contributed by atoms with E-state index in [1.54, 1.807) is 6.07 Å². The van der Waals surface area contributed by atoms with Crippen LogP contribution in [0.2, 0.25) is 0 Å². The summed E-state index contributed by atoms with van der Waals surface area (Å²) in [7, 11) is 0. The van der Waals surface area contributed by atoms with Crippen molar-refractivity contribution in [3.63, 3.8) is 0 Å². The van der Waals surface area contributed by atoms with E-state index in [2.05, 4.69) is 21.7 Å². The largest absolute Gasteiger partial charge is 0.366 e. The number of rotatable bonds is 4. The van der Waals surface area contributed by atoms with Crippen LogP contribution >= 0.6 is 0 Å². The quantitative estimate of drug-likeness (QED) is 0.478. The van der Waals surface area contributed by atoms with E-state index in [1.165, 1.54) is 17.7 Å². The number of nitriles is 1. The Balaban J connectivity index is 2.07. The van der Waals surface area contributed by atoms with Gasteiger partial charge in [0, 0.05) is 19.2 Å². The predicted molar refractivity (Wildman–Crippen MR) is 69.7 cm³/mol. The molecule has 19 heavy (non-hydrogen) atoms. The van der Waals surface area contributed by atoms with E-state index in [-0.39, 0.29) is 11.4 Å². The molecular weight excluding hydrogens is 246 g/mol. The van der Waals surface area contributed by atoms with Gasteiger partial charge < -0.3 is 10.6 Å². The third kappa shape index (κ3) is 3.26. The Kier molecular flexibility index (Phi) is 4.05. The molecule has 0 radical (unpaired) electrons. The number of nitrogens with zero attached hydrogens (tertiary/aromatic N) is 3. The van der Waals surface area contributed by atoms with E-state index in [1.807, 2.05) is 0 Å². The van der Waals surface area contributed by atoms with E-state index in [9.17, 15) is 10.1 Å². The topological polar surface area (TPSA) is 104 Å². The van der Waals surface area contributed by atoms with Crippen molar-refractivity contribution in [3.8, 4) is 6.07 Å². The first kappa shape index (κ1) is 13.0. The molecular formula is C12H13N5O2. The summed E-state index contributed by atoms with van der Waals surface area (Å²) in [6, 6.07) is 4.55. The van der Waals surface area contributed by atoms with Gasteiger partial charge in [0.25, 0.3) is 0 Å². The first-order valence-electron chi connectivity index (χ1n) is 5.88. The maximum Gasteiger partial charge on any atom is 0.305 e. The van der Waals surface area contributed by atoms with E-state index in [4.69, 9.17) is 5.26 Å². The van der Waals surface area contributed by atoms with E-state index in [0.29, 0.717) is 12.4 Å². The molecule has 0 amide bonds. The third-order valence-corrected chi connectivity index (χ3v) is 2.83. The summed E-state index contributed by atoms with van der Waals surface area (Å²) in [5, 5.41) is 25.8. The van der Waals surface area contributed by atoms with Crippen molar-refractivity contribution in [2.45, 2.75) is 6.42 Å². The van der Waals surface area contributed by atoms with Crippen molar-refractivity contribution in [2.75, 3.05) is 25.0 Å². The molecule has 0 saturated heterocycles. The Morgan fingerprint density at radius 2 is 2.42 bits per heavy atom. The van der Waals surface area contributed by atoms with Gasteiger partial charge in [0.2, 0.25) is 5.69 Å². The Morgan fingerprint density at radius 3 is 3.05 bits per heavy atom. The van der Waals surface area contributed by atoms with Gasteiger partial charge in [0.15, 0.2) is 0 Å². The minimum atomic E-state index is -0.606. The second kappa shape index (κ2) is 5.93. The first-order chi connectivity index (χ1) is 9.20. The lowest BCUT2D eigenvalue weighted by Gasteiger charge is -2.14. The van der Waals surface area contributed by atoms with Crippen molar-refractivity contribution in [1.82, 2.24) is 10.3 Å². The Bertz CT molecular complexity index is 562. The van der Waals surface area contributed by atoms with Crippen molar-refractivity contribution in [1.29, 1.82) is 5.26 Å². The van der Waals surface area contributed by atoms with Gasteiger partial charge in [-0.1, -0.05) is 11.6 Å². The average molecular weight is 259 g/mol. The molecule has 0 spiro atoms. The molecule has 0 saturated carbocycles. The number of aromatic nitrogens is 1. The number of nitro groups is 1. The van der Waals surface area contributed by atoms with Crippen LogP contribution in [0.5, 0.6) is 0 Å². The highest BCUT2D eigenvalue weighted by molar-refractivity contribution is 5.50. The normalized spacial score (nSPS) is 14.4. The van der Waals surface area contributed by atoms with Crippen LogP contribution < -0.4 is 10.6 Å². The van der Waals surface area contributed by atoms with E-state index >= 15 is 0 Å². The summed E-state index contributed by atoms with van der Waals surface area (Å²) in [5.41, 5.74) is 0.820. The highest BCUT2D eigenvalue weighted by Gasteiger charge is 2.15. The second-order valence-corrected chi connectivity index (χ2v) is 4.10. The molecule has 1 aromatic heterocycles. The molecule has 2 heterocycles. The minimum Gasteiger partial charge on any atom is -0.366 e. The van der Waals surface area contributed by atoms with E-state index < -0.39 is 4.92 Å². The van der Waals surface area contributed by atoms with Crippen molar-refractivity contribution < 1.29 is 4.92 Å². The third-order valence-electron chi connectivity index (χ3n) is 2.83. The zero-order chi connectivity index (χ0) is 13.7. The lowest BCUT2D eigenvalue weighted by molar-refractivity contribution is -0.385. The number of anilines is 1. The smallest absolute Gasteiger partial charge is 0.305 e. The maximum absolute atomic E-state index is 10.7. The molecule has 1 aliphatic heterocycles. The molecule has 0 aliphatic carbocycles. The Hall–Kier alpha value is -2.46. The van der Waals surface area contributed by atoms with Crippen molar-refractivity contribution >= 4 is 11.5 Å². The van der Waals surface area contributed by atoms with Crippen LogP contribution in [0.25, 0.3) is 0 Å². The van der Waals surface area contributed by atoms with Crippen LogP contribution in [-0.2, 0) is 0 Å². The molecule has 1 aliphatic rings. The maximum atomic E-state index is 10.7.